The molecule has 0 aliphatic carbocycles. The summed E-state index contributed by atoms with van der Waals surface area (Å²) in [6, 6.07) is 5.34. The maximum atomic E-state index is 13.4. The Bertz CT molecular complexity index is 841. The molecule has 0 aliphatic heterocycles. The zero-order valence-electron chi connectivity index (χ0n) is 12.8. The minimum Gasteiger partial charge on any atom is -0.487 e. The standard InChI is InChI=1S/C17H10Br2F4O3/c18-13-5-9(1-2-15(24)25)6-14(19)16(13)26-8-10-3-11(17(21,22)23)7-12(20)4-10/h1-7H,8H2,(H,24,25). The van der Waals surface area contributed by atoms with Gasteiger partial charge in [-0.3, -0.25) is 0 Å². The zero-order chi connectivity index (χ0) is 19.5. The van der Waals surface area contributed by atoms with Gasteiger partial charge >= 0.3 is 12.1 Å². The Morgan fingerprint density at radius 1 is 1.12 bits per heavy atom. The molecule has 26 heavy (non-hydrogen) atoms. The van der Waals surface area contributed by atoms with Gasteiger partial charge in [-0.25, -0.2) is 9.18 Å². The first-order chi connectivity index (χ1) is 12.1. The van der Waals surface area contributed by atoms with Crippen molar-refractivity contribution in [2.24, 2.45) is 0 Å². The Morgan fingerprint density at radius 2 is 1.73 bits per heavy atom. The van der Waals surface area contributed by atoms with E-state index in [0.29, 0.717) is 20.6 Å². The molecular weight excluding hydrogens is 488 g/mol. The summed E-state index contributed by atoms with van der Waals surface area (Å²) in [7, 11) is 0. The van der Waals surface area contributed by atoms with E-state index in [1.807, 2.05) is 0 Å². The normalized spacial score (nSPS) is 11.8. The Hall–Kier alpha value is -1.87. The molecule has 0 unspecified atom stereocenters. The van der Waals surface area contributed by atoms with Crippen LogP contribution in [0.4, 0.5) is 17.6 Å². The maximum Gasteiger partial charge on any atom is 0.416 e. The topological polar surface area (TPSA) is 46.5 Å². The predicted octanol–water partition coefficient (Wildman–Crippen LogP) is 6.05. The van der Waals surface area contributed by atoms with Crippen molar-refractivity contribution in [2.45, 2.75) is 12.8 Å². The first-order valence-electron chi connectivity index (χ1n) is 6.96. The molecule has 0 amide bonds. The number of aliphatic carboxylic acids is 1. The van der Waals surface area contributed by atoms with Gasteiger partial charge in [0, 0.05) is 6.08 Å². The lowest BCUT2D eigenvalue weighted by atomic mass is 10.1. The van der Waals surface area contributed by atoms with E-state index in [1.165, 1.54) is 6.08 Å². The number of ether oxygens (including phenoxy) is 1. The van der Waals surface area contributed by atoms with Crippen molar-refractivity contribution < 1.29 is 32.2 Å². The number of carboxylic acid groups (broad SMARTS) is 1. The lowest BCUT2D eigenvalue weighted by Crippen LogP contribution is -2.07. The van der Waals surface area contributed by atoms with Gasteiger partial charge in [-0.1, -0.05) is 0 Å². The van der Waals surface area contributed by atoms with Gasteiger partial charge in [0.1, 0.15) is 18.2 Å². The van der Waals surface area contributed by atoms with E-state index in [0.717, 1.165) is 18.2 Å². The monoisotopic (exact) mass is 496 g/mol. The number of benzene rings is 2. The number of carboxylic acids is 1. The molecule has 1 N–H and O–H groups in total. The molecule has 0 bridgehead atoms. The summed E-state index contributed by atoms with van der Waals surface area (Å²) in [5.41, 5.74) is -0.516. The fourth-order valence-corrected chi connectivity index (χ4v) is 3.48. The van der Waals surface area contributed by atoms with E-state index in [9.17, 15) is 22.4 Å². The summed E-state index contributed by atoms with van der Waals surface area (Å²) in [5.74, 6) is -1.83. The van der Waals surface area contributed by atoms with Gasteiger partial charge in [-0.05, 0) is 79.4 Å². The quantitative estimate of drug-likeness (QED) is 0.404. The van der Waals surface area contributed by atoms with Gasteiger partial charge < -0.3 is 9.84 Å². The van der Waals surface area contributed by atoms with E-state index in [4.69, 9.17) is 9.84 Å². The fourth-order valence-electron chi connectivity index (χ4n) is 2.03. The van der Waals surface area contributed by atoms with Crippen LogP contribution in [0.3, 0.4) is 0 Å². The van der Waals surface area contributed by atoms with Crippen LogP contribution >= 0.6 is 31.9 Å². The average molecular weight is 498 g/mol. The van der Waals surface area contributed by atoms with Crippen molar-refractivity contribution >= 4 is 43.9 Å². The highest BCUT2D eigenvalue weighted by Gasteiger charge is 2.31. The highest BCUT2D eigenvalue weighted by atomic mass is 79.9. The van der Waals surface area contributed by atoms with Crippen LogP contribution in [0.5, 0.6) is 5.75 Å². The number of halogens is 6. The minimum atomic E-state index is -4.66. The SMILES string of the molecule is O=C(O)C=Cc1cc(Br)c(OCc2cc(F)cc(C(F)(F)F)c2)c(Br)c1. The predicted molar refractivity (Wildman–Crippen MR) is 94.2 cm³/mol. The van der Waals surface area contributed by atoms with Crippen LogP contribution in [0.2, 0.25) is 0 Å². The van der Waals surface area contributed by atoms with Crippen molar-refractivity contribution in [3.8, 4) is 5.75 Å². The van der Waals surface area contributed by atoms with E-state index in [1.54, 1.807) is 12.1 Å². The summed E-state index contributed by atoms with van der Waals surface area (Å²) in [6.45, 7) is -0.289. The molecule has 0 aromatic heterocycles. The largest absolute Gasteiger partial charge is 0.487 e. The Balaban J connectivity index is 2.22. The molecule has 0 aliphatic rings. The third kappa shape index (κ3) is 5.57. The fraction of sp³-hybridized carbons (Fsp3) is 0.118. The zero-order valence-corrected chi connectivity index (χ0v) is 16.0. The van der Waals surface area contributed by atoms with Crippen molar-refractivity contribution in [3.63, 3.8) is 0 Å². The minimum absolute atomic E-state index is 0.0194. The summed E-state index contributed by atoms with van der Waals surface area (Å²) >= 11 is 6.50. The molecule has 0 radical (unpaired) electrons. The van der Waals surface area contributed by atoms with Gasteiger partial charge in [-0.2, -0.15) is 13.2 Å². The number of hydrogen-bond donors (Lipinski definition) is 1. The molecule has 0 saturated carbocycles. The molecule has 138 valence electrons. The molecule has 2 aromatic rings. The first-order valence-corrected chi connectivity index (χ1v) is 8.54. The summed E-state index contributed by atoms with van der Waals surface area (Å²) in [6.07, 6.45) is -2.33. The highest BCUT2D eigenvalue weighted by Crippen LogP contribution is 2.36. The third-order valence-electron chi connectivity index (χ3n) is 3.11. The third-order valence-corrected chi connectivity index (χ3v) is 4.29. The highest BCUT2D eigenvalue weighted by molar-refractivity contribution is 9.11. The number of alkyl halides is 3. The molecular formula is C17H10Br2F4O3. The van der Waals surface area contributed by atoms with Crippen LogP contribution in [0.1, 0.15) is 16.7 Å². The van der Waals surface area contributed by atoms with Gasteiger partial charge in [0.25, 0.3) is 0 Å². The van der Waals surface area contributed by atoms with Gasteiger partial charge in [-0.15, -0.1) is 0 Å². The summed E-state index contributed by atoms with van der Waals surface area (Å²) < 4.78 is 58.0. The molecule has 0 heterocycles. The second-order valence-corrected chi connectivity index (χ2v) is 6.83. The molecule has 2 aromatic carbocycles. The molecule has 0 atom stereocenters. The summed E-state index contributed by atoms with van der Waals surface area (Å²) in [5, 5.41) is 8.63. The van der Waals surface area contributed by atoms with Crippen molar-refractivity contribution in [2.75, 3.05) is 0 Å². The molecule has 3 nitrogen and oxygen atoms in total. The van der Waals surface area contributed by atoms with Gasteiger partial charge in [0.05, 0.1) is 14.5 Å². The molecule has 2 rings (SSSR count). The summed E-state index contributed by atoms with van der Waals surface area (Å²) in [4.78, 5) is 10.5. The Kier molecular flexibility index (Phi) is 6.46. The number of hydrogen-bond acceptors (Lipinski definition) is 2. The van der Waals surface area contributed by atoms with E-state index in [-0.39, 0.29) is 17.9 Å². The van der Waals surface area contributed by atoms with Crippen LogP contribution in [0.15, 0.2) is 45.4 Å². The molecule has 0 saturated heterocycles. The van der Waals surface area contributed by atoms with Crippen LogP contribution in [-0.2, 0) is 17.6 Å². The molecule has 0 fully saturated rings. The van der Waals surface area contributed by atoms with E-state index < -0.39 is 23.5 Å². The Labute approximate surface area is 162 Å². The average Bonchev–Trinajstić information content (AvgIpc) is 2.50. The van der Waals surface area contributed by atoms with Crippen molar-refractivity contribution in [1.82, 2.24) is 0 Å². The number of rotatable bonds is 5. The van der Waals surface area contributed by atoms with Crippen LogP contribution in [0.25, 0.3) is 6.08 Å². The molecule has 0 spiro atoms. The van der Waals surface area contributed by atoms with Gasteiger partial charge in [0.2, 0.25) is 0 Å². The molecule has 9 heteroatoms. The van der Waals surface area contributed by atoms with Gasteiger partial charge in [0.15, 0.2) is 0 Å². The first kappa shape index (κ1) is 20.4. The van der Waals surface area contributed by atoms with Crippen molar-refractivity contribution in [3.05, 3.63) is 67.9 Å². The van der Waals surface area contributed by atoms with E-state index >= 15 is 0 Å². The Morgan fingerprint density at radius 3 is 2.27 bits per heavy atom. The van der Waals surface area contributed by atoms with E-state index in [2.05, 4.69) is 31.9 Å². The second-order valence-electron chi connectivity index (χ2n) is 5.12. The van der Waals surface area contributed by atoms with Crippen LogP contribution in [-0.4, -0.2) is 11.1 Å². The second kappa shape index (κ2) is 8.22. The maximum absolute atomic E-state index is 13.4. The van der Waals surface area contributed by atoms with Crippen LogP contribution < -0.4 is 4.74 Å². The smallest absolute Gasteiger partial charge is 0.416 e. The lowest BCUT2D eigenvalue weighted by molar-refractivity contribution is -0.138. The van der Waals surface area contributed by atoms with Crippen molar-refractivity contribution in [1.29, 1.82) is 0 Å². The number of carbonyl (C=O) groups is 1. The van der Waals surface area contributed by atoms with Crippen LogP contribution in [0, 0.1) is 5.82 Å². The lowest BCUT2D eigenvalue weighted by Gasteiger charge is -2.13.